The van der Waals surface area contributed by atoms with Gasteiger partial charge in [0.05, 0.1) is 12.0 Å². The Balaban J connectivity index is 2.05. The number of fused-ring (bicyclic) bond motifs is 3. The van der Waals surface area contributed by atoms with Crippen LogP contribution in [0.4, 0.5) is 0 Å². The van der Waals surface area contributed by atoms with E-state index >= 15 is 0 Å². The minimum absolute atomic E-state index is 0.101. The molecule has 3 rings (SSSR count). The lowest BCUT2D eigenvalue weighted by molar-refractivity contribution is -0.155. The quantitative estimate of drug-likeness (QED) is 0.589. The van der Waals surface area contributed by atoms with E-state index in [1.165, 1.54) is 6.42 Å². The van der Waals surface area contributed by atoms with Crippen LogP contribution in [0, 0.1) is 28.1 Å². The summed E-state index contributed by atoms with van der Waals surface area (Å²) in [5, 5.41) is 0. The highest BCUT2D eigenvalue weighted by Gasteiger charge is 2.70. The van der Waals surface area contributed by atoms with E-state index in [4.69, 9.17) is 4.74 Å². The van der Waals surface area contributed by atoms with Gasteiger partial charge in [-0.1, -0.05) is 27.7 Å². The molecule has 90 valence electrons. The Bertz CT molecular complexity index is 356. The molecule has 2 nitrogen and oxygen atoms in total. The van der Waals surface area contributed by atoms with Gasteiger partial charge in [0.15, 0.2) is 0 Å². The molecule has 3 unspecified atom stereocenters. The highest BCUT2D eigenvalue weighted by Crippen LogP contribution is 2.73. The molecule has 2 heteroatoms. The maximum absolute atomic E-state index is 12.1. The predicted octanol–water partition coefficient (Wildman–Crippen LogP) is 3.01. The topological polar surface area (TPSA) is 26.3 Å². The molecule has 0 amide bonds. The van der Waals surface area contributed by atoms with Crippen LogP contribution in [0.3, 0.4) is 0 Å². The molecule has 3 fully saturated rings. The van der Waals surface area contributed by atoms with E-state index in [0.717, 1.165) is 12.8 Å². The average Bonchev–Trinajstić information content (AvgIpc) is 2.77. The van der Waals surface area contributed by atoms with Gasteiger partial charge >= 0.3 is 5.97 Å². The van der Waals surface area contributed by atoms with Gasteiger partial charge in [-0.3, -0.25) is 4.79 Å². The van der Waals surface area contributed by atoms with Crippen molar-refractivity contribution in [2.24, 2.45) is 28.1 Å². The number of hydrogen-bond donors (Lipinski definition) is 0. The Morgan fingerprint density at radius 3 is 2.31 bits per heavy atom. The number of carbonyl (C=O) groups is 1. The second kappa shape index (κ2) is 2.65. The van der Waals surface area contributed by atoms with E-state index in [0.29, 0.717) is 23.9 Å². The molecule has 16 heavy (non-hydrogen) atoms. The summed E-state index contributed by atoms with van der Waals surface area (Å²) in [7, 11) is 0. The SMILES string of the molecule is CC1(C)C2CC(C3(CCOC3=O)C2)C1(C)C. The summed E-state index contributed by atoms with van der Waals surface area (Å²) in [6.45, 7) is 10.1. The monoisotopic (exact) mass is 222 g/mol. The lowest BCUT2D eigenvalue weighted by atomic mass is 9.52. The normalized spacial score (nSPS) is 47.6. The maximum atomic E-state index is 12.1. The lowest BCUT2D eigenvalue weighted by Gasteiger charge is -2.51. The summed E-state index contributed by atoms with van der Waals surface area (Å²) >= 11 is 0. The van der Waals surface area contributed by atoms with Crippen molar-refractivity contribution >= 4 is 5.97 Å². The average molecular weight is 222 g/mol. The molecule has 2 saturated carbocycles. The van der Waals surface area contributed by atoms with Crippen LogP contribution in [0.5, 0.6) is 0 Å². The highest BCUT2D eigenvalue weighted by atomic mass is 16.5. The summed E-state index contributed by atoms with van der Waals surface area (Å²) in [6, 6.07) is 0. The predicted molar refractivity (Wildman–Crippen MR) is 61.8 cm³/mol. The Hall–Kier alpha value is -0.530. The summed E-state index contributed by atoms with van der Waals surface area (Å²) in [4.78, 5) is 12.1. The van der Waals surface area contributed by atoms with Gasteiger partial charge in [0.25, 0.3) is 0 Å². The molecule has 0 aromatic rings. The molecule has 2 bridgehead atoms. The van der Waals surface area contributed by atoms with Crippen molar-refractivity contribution in [1.29, 1.82) is 0 Å². The molecule has 0 radical (unpaired) electrons. The minimum Gasteiger partial charge on any atom is -0.465 e. The van der Waals surface area contributed by atoms with Gasteiger partial charge in [-0.05, 0) is 41.9 Å². The third kappa shape index (κ3) is 0.892. The van der Waals surface area contributed by atoms with Gasteiger partial charge in [-0.2, -0.15) is 0 Å². The van der Waals surface area contributed by atoms with Gasteiger partial charge in [-0.25, -0.2) is 0 Å². The fraction of sp³-hybridized carbons (Fsp3) is 0.929. The fourth-order valence-electron chi connectivity index (χ4n) is 4.76. The standard InChI is InChI=1S/C14H22O2/c1-12(2)9-7-10(13(12,3)4)14(8-9)5-6-16-11(14)15/h9-10H,5-8H2,1-4H3. The summed E-state index contributed by atoms with van der Waals surface area (Å²) in [6.07, 6.45) is 3.27. The number of esters is 1. The third-order valence-corrected chi connectivity index (χ3v) is 6.54. The smallest absolute Gasteiger partial charge is 0.312 e. The van der Waals surface area contributed by atoms with Crippen LogP contribution < -0.4 is 0 Å². The first-order valence-electron chi connectivity index (χ1n) is 6.49. The molecule has 3 aliphatic rings. The summed E-state index contributed by atoms with van der Waals surface area (Å²) < 4.78 is 5.27. The molecule has 0 aromatic carbocycles. The van der Waals surface area contributed by atoms with Crippen molar-refractivity contribution in [2.45, 2.75) is 47.0 Å². The molecular formula is C14H22O2. The van der Waals surface area contributed by atoms with Gasteiger partial charge < -0.3 is 4.74 Å². The van der Waals surface area contributed by atoms with Gasteiger partial charge in [0.1, 0.15) is 0 Å². The zero-order chi connectivity index (χ0) is 11.8. The first-order chi connectivity index (χ1) is 7.32. The Labute approximate surface area is 97.7 Å². The van der Waals surface area contributed by atoms with Crippen molar-refractivity contribution in [2.75, 3.05) is 6.61 Å². The lowest BCUT2D eigenvalue weighted by Crippen LogP contribution is -2.49. The number of carbonyl (C=O) groups excluding carboxylic acids is 1. The second-order valence-corrected chi connectivity index (χ2v) is 7.17. The van der Waals surface area contributed by atoms with E-state index in [1.807, 2.05) is 0 Å². The molecule has 1 heterocycles. The van der Waals surface area contributed by atoms with Crippen LogP contribution in [0.15, 0.2) is 0 Å². The van der Waals surface area contributed by atoms with Crippen molar-refractivity contribution in [3.8, 4) is 0 Å². The number of cyclic esters (lactones) is 1. The van der Waals surface area contributed by atoms with Crippen LogP contribution in [-0.2, 0) is 9.53 Å². The van der Waals surface area contributed by atoms with E-state index < -0.39 is 0 Å². The number of hydrogen-bond acceptors (Lipinski definition) is 2. The van der Waals surface area contributed by atoms with Gasteiger partial charge in [-0.15, -0.1) is 0 Å². The molecule has 2 aliphatic carbocycles. The van der Waals surface area contributed by atoms with Crippen molar-refractivity contribution in [1.82, 2.24) is 0 Å². The summed E-state index contributed by atoms with van der Waals surface area (Å²) in [5.74, 6) is 1.34. The Kier molecular flexibility index (Phi) is 1.76. The first-order valence-corrected chi connectivity index (χ1v) is 6.49. The molecule has 1 spiro atoms. The van der Waals surface area contributed by atoms with Crippen molar-refractivity contribution < 1.29 is 9.53 Å². The second-order valence-electron chi connectivity index (χ2n) is 7.17. The van der Waals surface area contributed by atoms with E-state index in [9.17, 15) is 4.79 Å². The van der Waals surface area contributed by atoms with E-state index in [1.54, 1.807) is 0 Å². The molecule has 3 atom stereocenters. The third-order valence-electron chi connectivity index (χ3n) is 6.54. The molecular weight excluding hydrogens is 200 g/mol. The minimum atomic E-state index is -0.107. The van der Waals surface area contributed by atoms with Crippen molar-refractivity contribution in [3.05, 3.63) is 0 Å². The number of rotatable bonds is 0. The zero-order valence-electron chi connectivity index (χ0n) is 10.8. The first kappa shape index (κ1) is 10.6. The molecule has 1 aliphatic heterocycles. The highest BCUT2D eigenvalue weighted by molar-refractivity contribution is 5.80. The molecule has 1 saturated heterocycles. The van der Waals surface area contributed by atoms with Crippen LogP contribution >= 0.6 is 0 Å². The van der Waals surface area contributed by atoms with Crippen LogP contribution in [0.25, 0.3) is 0 Å². The van der Waals surface area contributed by atoms with E-state index in [2.05, 4.69) is 27.7 Å². The molecule has 0 N–H and O–H groups in total. The van der Waals surface area contributed by atoms with Crippen LogP contribution in [0.2, 0.25) is 0 Å². The largest absolute Gasteiger partial charge is 0.465 e. The van der Waals surface area contributed by atoms with Crippen molar-refractivity contribution in [3.63, 3.8) is 0 Å². The van der Waals surface area contributed by atoms with E-state index in [-0.39, 0.29) is 16.8 Å². The van der Waals surface area contributed by atoms with Gasteiger partial charge in [0.2, 0.25) is 0 Å². The van der Waals surface area contributed by atoms with Crippen LogP contribution in [-0.4, -0.2) is 12.6 Å². The molecule has 0 aromatic heterocycles. The summed E-state index contributed by atoms with van der Waals surface area (Å²) in [5.41, 5.74) is 0.523. The number of ether oxygens (including phenoxy) is 1. The van der Waals surface area contributed by atoms with Gasteiger partial charge in [0, 0.05) is 0 Å². The zero-order valence-corrected chi connectivity index (χ0v) is 10.8. The fourth-order valence-corrected chi connectivity index (χ4v) is 4.76. The van der Waals surface area contributed by atoms with Crippen LogP contribution in [0.1, 0.15) is 47.0 Å². The maximum Gasteiger partial charge on any atom is 0.312 e. The Morgan fingerprint density at radius 1 is 1.19 bits per heavy atom. The Morgan fingerprint density at radius 2 is 1.88 bits per heavy atom.